The summed E-state index contributed by atoms with van der Waals surface area (Å²) in [6, 6.07) is 15.6. The van der Waals surface area contributed by atoms with Crippen molar-refractivity contribution in [3.63, 3.8) is 0 Å². The average Bonchev–Trinajstić information content (AvgIpc) is 3.36. The summed E-state index contributed by atoms with van der Waals surface area (Å²) in [5, 5.41) is 15.3. The van der Waals surface area contributed by atoms with E-state index in [1.54, 1.807) is 42.7 Å². The van der Waals surface area contributed by atoms with Gasteiger partial charge in [0.1, 0.15) is 18.4 Å². The number of pyridine rings is 1. The Labute approximate surface area is 220 Å². The fourth-order valence-corrected chi connectivity index (χ4v) is 3.98. The predicted molar refractivity (Wildman–Crippen MR) is 141 cm³/mol. The molecule has 0 aliphatic rings. The lowest BCUT2D eigenvalue weighted by Crippen LogP contribution is -2.45. The van der Waals surface area contributed by atoms with E-state index in [-0.39, 0.29) is 24.1 Å². The van der Waals surface area contributed by atoms with Gasteiger partial charge in [0, 0.05) is 30.2 Å². The van der Waals surface area contributed by atoms with E-state index in [0.29, 0.717) is 29.3 Å². The molecule has 1 atom stereocenters. The zero-order valence-corrected chi connectivity index (χ0v) is 21.6. The van der Waals surface area contributed by atoms with Gasteiger partial charge in [0.05, 0.1) is 0 Å². The van der Waals surface area contributed by atoms with Crippen LogP contribution in [0.5, 0.6) is 0 Å². The number of halogens is 1. The molecule has 2 aromatic heterocycles. The van der Waals surface area contributed by atoms with Crippen LogP contribution >= 0.6 is 0 Å². The molecule has 2 amide bonds. The number of nitrogens with one attached hydrogen (secondary N) is 1. The van der Waals surface area contributed by atoms with Crippen molar-refractivity contribution in [3.8, 4) is 11.4 Å². The third-order valence-corrected chi connectivity index (χ3v) is 5.93. The van der Waals surface area contributed by atoms with Crippen LogP contribution in [0.1, 0.15) is 37.4 Å². The van der Waals surface area contributed by atoms with Gasteiger partial charge < -0.3 is 5.32 Å². The second-order valence-electron chi connectivity index (χ2n) is 9.41. The van der Waals surface area contributed by atoms with Gasteiger partial charge in [0.15, 0.2) is 0 Å². The molecule has 196 valence electrons. The summed E-state index contributed by atoms with van der Waals surface area (Å²) >= 11 is 0. The van der Waals surface area contributed by atoms with Gasteiger partial charge in [-0.1, -0.05) is 26.0 Å². The average molecular weight is 516 g/mol. The van der Waals surface area contributed by atoms with Crippen molar-refractivity contribution in [1.82, 2.24) is 30.5 Å². The summed E-state index contributed by atoms with van der Waals surface area (Å²) in [6.07, 6.45) is 4.00. The minimum absolute atomic E-state index is 0.261. The third-order valence-electron chi connectivity index (χ3n) is 5.93. The quantitative estimate of drug-likeness (QED) is 0.341. The lowest BCUT2D eigenvalue weighted by Gasteiger charge is -2.31. The number of hydrogen-bond acceptors (Lipinski definition) is 6. The first-order valence-electron chi connectivity index (χ1n) is 12.4. The summed E-state index contributed by atoms with van der Waals surface area (Å²) in [4.78, 5) is 34.2. The maximum Gasteiger partial charge on any atom is 0.251 e. The summed E-state index contributed by atoms with van der Waals surface area (Å²) < 4.78 is 13.3. The molecule has 38 heavy (non-hydrogen) atoms. The monoisotopic (exact) mass is 515 g/mol. The topological polar surface area (TPSA) is 106 Å². The summed E-state index contributed by atoms with van der Waals surface area (Å²) in [7, 11) is 0. The predicted octanol–water partition coefficient (Wildman–Crippen LogP) is 4.12. The molecule has 0 saturated heterocycles. The normalized spacial score (nSPS) is 11.8. The molecule has 1 N–H and O–H groups in total. The number of nitrogens with zero attached hydrogens (tertiary/aromatic N) is 6. The van der Waals surface area contributed by atoms with Crippen molar-refractivity contribution in [2.24, 2.45) is 5.92 Å². The number of rotatable bonds is 10. The van der Waals surface area contributed by atoms with Crippen molar-refractivity contribution < 1.29 is 14.0 Å². The first-order chi connectivity index (χ1) is 18.3. The van der Waals surface area contributed by atoms with Crippen molar-refractivity contribution in [1.29, 1.82) is 0 Å². The highest BCUT2D eigenvalue weighted by Gasteiger charge is 2.33. The Morgan fingerprint density at radius 1 is 1.05 bits per heavy atom. The lowest BCUT2D eigenvalue weighted by molar-refractivity contribution is -0.127. The van der Waals surface area contributed by atoms with Crippen LogP contribution < -0.4 is 10.2 Å². The number of hydrogen-bond donors (Lipinski definition) is 1. The van der Waals surface area contributed by atoms with E-state index in [1.807, 2.05) is 25.1 Å². The van der Waals surface area contributed by atoms with Gasteiger partial charge in [0.25, 0.3) is 5.91 Å². The van der Waals surface area contributed by atoms with Crippen LogP contribution in [0, 0.1) is 18.7 Å². The first kappa shape index (κ1) is 26.6. The minimum Gasteiger partial charge on any atom is -0.354 e. The zero-order chi connectivity index (χ0) is 27.1. The van der Waals surface area contributed by atoms with Gasteiger partial charge in [-0.2, -0.15) is 4.80 Å². The van der Waals surface area contributed by atoms with E-state index in [0.717, 1.165) is 12.0 Å². The summed E-state index contributed by atoms with van der Waals surface area (Å²) in [6.45, 7) is 6.31. The van der Waals surface area contributed by atoms with Gasteiger partial charge in [-0.15, -0.1) is 10.2 Å². The molecule has 2 aromatic carbocycles. The molecule has 0 aliphatic carbocycles. The highest BCUT2D eigenvalue weighted by atomic mass is 19.1. The number of benzene rings is 2. The Morgan fingerprint density at radius 2 is 1.79 bits per heavy atom. The van der Waals surface area contributed by atoms with Crippen LogP contribution in [0.3, 0.4) is 0 Å². The molecule has 0 radical (unpaired) electrons. The smallest absolute Gasteiger partial charge is 0.251 e. The lowest BCUT2D eigenvalue weighted by atomic mass is 10.0. The number of aryl methyl sites for hydroxylation is 1. The molecular weight excluding hydrogens is 485 g/mol. The maximum absolute atomic E-state index is 13.9. The Balaban J connectivity index is 1.68. The van der Waals surface area contributed by atoms with Crippen molar-refractivity contribution in [2.45, 2.75) is 39.8 Å². The fourth-order valence-electron chi connectivity index (χ4n) is 3.98. The number of tetrazole rings is 1. The molecule has 9 nitrogen and oxygen atoms in total. The molecule has 2 heterocycles. The number of aromatic nitrogens is 5. The summed E-state index contributed by atoms with van der Waals surface area (Å²) in [5.74, 6) is -0.404. The van der Waals surface area contributed by atoms with E-state index in [4.69, 9.17) is 0 Å². The third kappa shape index (κ3) is 6.64. The Kier molecular flexibility index (Phi) is 8.52. The molecule has 0 saturated carbocycles. The van der Waals surface area contributed by atoms with Crippen molar-refractivity contribution >= 4 is 17.5 Å². The Hall–Kier alpha value is -4.47. The van der Waals surface area contributed by atoms with Crippen LogP contribution in [0.4, 0.5) is 10.1 Å². The highest BCUT2D eigenvalue weighted by Crippen LogP contribution is 2.29. The highest BCUT2D eigenvalue weighted by molar-refractivity contribution is 6.01. The van der Waals surface area contributed by atoms with Gasteiger partial charge in [-0.25, -0.2) is 4.39 Å². The van der Waals surface area contributed by atoms with Crippen LogP contribution in [-0.4, -0.2) is 43.6 Å². The van der Waals surface area contributed by atoms with Gasteiger partial charge in [0.2, 0.25) is 11.7 Å². The second kappa shape index (κ2) is 12.2. The molecule has 10 heteroatoms. The van der Waals surface area contributed by atoms with Gasteiger partial charge in [-0.05, 0) is 84.1 Å². The molecule has 4 rings (SSSR count). The summed E-state index contributed by atoms with van der Waals surface area (Å²) in [5.41, 5.74) is 2.69. The van der Waals surface area contributed by atoms with Crippen LogP contribution in [0.2, 0.25) is 0 Å². The van der Waals surface area contributed by atoms with E-state index < -0.39 is 11.9 Å². The molecule has 0 aliphatic heterocycles. The Bertz CT molecular complexity index is 1370. The maximum atomic E-state index is 13.9. The SMILES string of the molecule is Cc1cccc(N(C(=O)Cn2nnc(-c3ccc(F)cc3)n2)C(C(=O)NCCC(C)C)c2ccncc2)c1. The van der Waals surface area contributed by atoms with Gasteiger partial charge in [-0.3, -0.25) is 19.5 Å². The van der Waals surface area contributed by atoms with E-state index in [2.05, 4.69) is 39.6 Å². The van der Waals surface area contributed by atoms with E-state index in [1.165, 1.54) is 21.8 Å². The van der Waals surface area contributed by atoms with E-state index in [9.17, 15) is 14.0 Å². The number of anilines is 1. The van der Waals surface area contributed by atoms with Crippen LogP contribution in [0.25, 0.3) is 11.4 Å². The number of amides is 2. The number of carbonyl (C=O) groups excluding carboxylic acids is 2. The molecule has 4 aromatic rings. The fraction of sp³-hybridized carbons (Fsp3) is 0.286. The molecular formula is C28H30FN7O2. The van der Waals surface area contributed by atoms with Crippen LogP contribution in [0.15, 0.2) is 73.1 Å². The van der Waals surface area contributed by atoms with E-state index >= 15 is 0 Å². The van der Waals surface area contributed by atoms with Crippen molar-refractivity contribution in [3.05, 3.63) is 90.0 Å². The van der Waals surface area contributed by atoms with Crippen molar-refractivity contribution in [2.75, 3.05) is 11.4 Å². The molecule has 0 fully saturated rings. The second-order valence-corrected chi connectivity index (χ2v) is 9.41. The first-order valence-corrected chi connectivity index (χ1v) is 12.4. The van der Waals surface area contributed by atoms with Gasteiger partial charge >= 0.3 is 0 Å². The number of carbonyl (C=O) groups is 2. The Morgan fingerprint density at radius 3 is 2.47 bits per heavy atom. The molecule has 0 spiro atoms. The standard InChI is InChI=1S/C28H30FN7O2/c1-19(2)11-16-31-28(38)26(21-12-14-30-15-13-21)36(24-6-4-5-20(3)17-24)25(37)18-35-33-27(32-34-35)22-7-9-23(29)10-8-22/h4-10,12-15,17,19,26H,11,16,18H2,1-3H3,(H,31,38). The molecule has 0 bridgehead atoms. The minimum atomic E-state index is -0.945. The zero-order valence-electron chi connectivity index (χ0n) is 21.6. The molecule has 1 unspecified atom stereocenters. The largest absolute Gasteiger partial charge is 0.354 e. The van der Waals surface area contributed by atoms with Crippen LogP contribution in [-0.2, 0) is 16.1 Å².